The van der Waals surface area contributed by atoms with Gasteiger partial charge < -0.3 is 10.5 Å². The van der Waals surface area contributed by atoms with E-state index in [1.165, 1.54) is 12.3 Å². The van der Waals surface area contributed by atoms with Gasteiger partial charge in [-0.1, -0.05) is 11.6 Å². The van der Waals surface area contributed by atoms with E-state index >= 15 is 0 Å². The van der Waals surface area contributed by atoms with E-state index in [0.29, 0.717) is 29.4 Å². The number of nitrogens with two attached hydrogens (primary N) is 1. The highest BCUT2D eigenvalue weighted by molar-refractivity contribution is 6.31. The molecule has 7 heteroatoms. The maximum atomic E-state index is 14.0. The van der Waals surface area contributed by atoms with Crippen LogP contribution in [0.3, 0.4) is 0 Å². The van der Waals surface area contributed by atoms with Crippen LogP contribution in [0, 0.1) is 18.6 Å². The lowest BCUT2D eigenvalue weighted by Crippen LogP contribution is -2.20. The maximum absolute atomic E-state index is 14.0. The molecular formula is C14H16ClF2N3O. The summed E-state index contributed by atoms with van der Waals surface area (Å²) in [5.41, 5.74) is 7.07. The Hall–Kier alpha value is -1.50. The van der Waals surface area contributed by atoms with Crippen molar-refractivity contribution in [3.8, 4) is 0 Å². The van der Waals surface area contributed by atoms with Crippen molar-refractivity contribution in [1.82, 2.24) is 9.78 Å². The Labute approximate surface area is 126 Å². The molecule has 21 heavy (non-hydrogen) atoms. The molecule has 1 aromatic heterocycles. The molecule has 1 heterocycles. The molecule has 4 nitrogen and oxygen atoms in total. The summed E-state index contributed by atoms with van der Waals surface area (Å²) in [6, 6.07) is 1.38. The molecule has 2 aromatic rings. The zero-order valence-electron chi connectivity index (χ0n) is 11.7. The van der Waals surface area contributed by atoms with E-state index in [4.69, 9.17) is 22.1 Å². The van der Waals surface area contributed by atoms with Crippen molar-refractivity contribution in [1.29, 1.82) is 0 Å². The number of methoxy groups -OCH3 is 1. The van der Waals surface area contributed by atoms with Crippen LogP contribution in [0.15, 0.2) is 18.3 Å². The first-order chi connectivity index (χ1) is 9.95. The van der Waals surface area contributed by atoms with E-state index in [0.717, 1.165) is 6.07 Å². The fraction of sp³-hybridized carbons (Fsp3) is 0.357. The number of halogens is 3. The second kappa shape index (κ2) is 6.51. The second-order valence-corrected chi connectivity index (χ2v) is 5.10. The third-order valence-corrected chi connectivity index (χ3v) is 3.54. The molecule has 0 aliphatic heterocycles. The summed E-state index contributed by atoms with van der Waals surface area (Å²) < 4.78 is 33.9. The highest BCUT2D eigenvalue weighted by atomic mass is 35.5. The van der Waals surface area contributed by atoms with Gasteiger partial charge >= 0.3 is 0 Å². The molecule has 0 spiro atoms. The van der Waals surface area contributed by atoms with Gasteiger partial charge in [-0.2, -0.15) is 5.10 Å². The monoisotopic (exact) mass is 315 g/mol. The molecule has 2 rings (SSSR count). The van der Waals surface area contributed by atoms with E-state index in [1.807, 2.05) is 0 Å². The van der Waals surface area contributed by atoms with Crippen molar-refractivity contribution in [3.63, 3.8) is 0 Å². The van der Waals surface area contributed by atoms with Gasteiger partial charge in [0.15, 0.2) is 0 Å². The van der Waals surface area contributed by atoms with Crippen molar-refractivity contribution in [2.75, 3.05) is 13.7 Å². The summed E-state index contributed by atoms with van der Waals surface area (Å²) in [7, 11) is 1.56. The lowest BCUT2D eigenvalue weighted by molar-refractivity contribution is 0.182. The third-order valence-electron chi connectivity index (χ3n) is 3.25. The molecule has 0 saturated carbocycles. The summed E-state index contributed by atoms with van der Waals surface area (Å²) in [4.78, 5) is 0. The van der Waals surface area contributed by atoms with Crippen LogP contribution < -0.4 is 5.73 Å². The van der Waals surface area contributed by atoms with E-state index in [1.54, 1.807) is 18.7 Å². The van der Waals surface area contributed by atoms with E-state index < -0.39 is 17.7 Å². The minimum Gasteiger partial charge on any atom is -0.383 e. The van der Waals surface area contributed by atoms with Gasteiger partial charge in [-0.25, -0.2) is 8.78 Å². The van der Waals surface area contributed by atoms with Gasteiger partial charge in [0, 0.05) is 18.7 Å². The SMILES string of the molecule is COCCn1ncc(Cl)c1C(N)c1cc(C)c(F)cc1F. The summed E-state index contributed by atoms with van der Waals surface area (Å²) in [5, 5.41) is 4.43. The highest BCUT2D eigenvalue weighted by Crippen LogP contribution is 2.29. The van der Waals surface area contributed by atoms with Crippen LogP contribution in [-0.4, -0.2) is 23.5 Å². The van der Waals surface area contributed by atoms with Gasteiger partial charge in [-0.3, -0.25) is 4.68 Å². The first kappa shape index (κ1) is 15.9. The predicted octanol–water partition coefficient (Wildman–Crippen LogP) is 2.82. The van der Waals surface area contributed by atoms with Crippen LogP contribution in [0.2, 0.25) is 5.02 Å². The molecular weight excluding hydrogens is 300 g/mol. The summed E-state index contributed by atoms with van der Waals surface area (Å²) >= 11 is 6.09. The average molecular weight is 316 g/mol. The zero-order valence-corrected chi connectivity index (χ0v) is 12.5. The fourth-order valence-corrected chi connectivity index (χ4v) is 2.36. The number of hydrogen-bond donors (Lipinski definition) is 1. The summed E-state index contributed by atoms with van der Waals surface area (Å²) in [6.45, 7) is 2.41. The minimum atomic E-state index is -0.837. The largest absolute Gasteiger partial charge is 0.383 e. The number of hydrogen-bond acceptors (Lipinski definition) is 3. The number of aryl methyl sites for hydroxylation is 1. The maximum Gasteiger partial charge on any atom is 0.131 e. The van der Waals surface area contributed by atoms with Gasteiger partial charge in [-0.05, 0) is 18.6 Å². The smallest absolute Gasteiger partial charge is 0.131 e. The third kappa shape index (κ3) is 3.23. The fourth-order valence-electron chi connectivity index (χ4n) is 2.10. The molecule has 114 valence electrons. The van der Waals surface area contributed by atoms with Crippen molar-refractivity contribution >= 4 is 11.6 Å². The molecule has 1 atom stereocenters. The van der Waals surface area contributed by atoms with Crippen LogP contribution in [0.5, 0.6) is 0 Å². The standard InChI is InChI=1S/C14H16ClF2N3O/c1-8-5-9(12(17)6-11(8)16)13(18)14-10(15)7-19-20(14)3-4-21-2/h5-7,13H,3-4,18H2,1-2H3. The molecule has 1 unspecified atom stereocenters. The molecule has 0 aliphatic carbocycles. The highest BCUT2D eigenvalue weighted by Gasteiger charge is 2.22. The Balaban J connectivity index is 2.42. The first-order valence-electron chi connectivity index (χ1n) is 6.37. The van der Waals surface area contributed by atoms with E-state index in [2.05, 4.69) is 5.10 Å². The van der Waals surface area contributed by atoms with Gasteiger partial charge in [0.1, 0.15) is 11.6 Å². The van der Waals surface area contributed by atoms with Crippen LogP contribution in [0.1, 0.15) is 22.9 Å². The molecule has 0 saturated heterocycles. The van der Waals surface area contributed by atoms with Crippen LogP contribution in [0.25, 0.3) is 0 Å². The Kier molecular flexibility index (Phi) is 4.92. The number of ether oxygens (including phenoxy) is 1. The molecule has 0 amide bonds. The average Bonchev–Trinajstić information content (AvgIpc) is 2.81. The molecule has 0 fully saturated rings. The Morgan fingerprint density at radius 2 is 2.10 bits per heavy atom. The normalized spacial score (nSPS) is 12.7. The summed E-state index contributed by atoms with van der Waals surface area (Å²) in [6.07, 6.45) is 1.45. The van der Waals surface area contributed by atoms with Crippen molar-refractivity contribution in [3.05, 3.63) is 51.8 Å². The molecule has 0 aliphatic rings. The van der Waals surface area contributed by atoms with Crippen molar-refractivity contribution < 1.29 is 13.5 Å². The van der Waals surface area contributed by atoms with Crippen molar-refractivity contribution in [2.24, 2.45) is 5.73 Å². The predicted molar refractivity (Wildman–Crippen MR) is 76.2 cm³/mol. The number of benzene rings is 1. The number of aromatic nitrogens is 2. The van der Waals surface area contributed by atoms with Gasteiger partial charge in [-0.15, -0.1) is 0 Å². The minimum absolute atomic E-state index is 0.176. The van der Waals surface area contributed by atoms with Crippen LogP contribution in [0.4, 0.5) is 8.78 Å². The zero-order chi connectivity index (χ0) is 15.6. The number of nitrogens with zero attached hydrogens (tertiary/aromatic N) is 2. The Morgan fingerprint density at radius 3 is 2.76 bits per heavy atom. The van der Waals surface area contributed by atoms with Gasteiger partial charge in [0.2, 0.25) is 0 Å². The number of rotatable bonds is 5. The Bertz CT molecular complexity index is 645. The van der Waals surface area contributed by atoms with Crippen molar-refractivity contribution in [2.45, 2.75) is 19.5 Å². The topological polar surface area (TPSA) is 53.1 Å². The Morgan fingerprint density at radius 1 is 1.38 bits per heavy atom. The second-order valence-electron chi connectivity index (χ2n) is 4.69. The van der Waals surface area contributed by atoms with Gasteiger partial charge in [0.25, 0.3) is 0 Å². The van der Waals surface area contributed by atoms with Crippen LogP contribution >= 0.6 is 11.6 Å². The molecule has 0 radical (unpaired) electrons. The molecule has 1 aromatic carbocycles. The quantitative estimate of drug-likeness (QED) is 0.923. The molecule has 0 bridgehead atoms. The van der Waals surface area contributed by atoms with Crippen LogP contribution in [-0.2, 0) is 11.3 Å². The first-order valence-corrected chi connectivity index (χ1v) is 6.74. The van der Waals surface area contributed by atoms with Gasteiger partial charge in [0.05, 0.1) is 36.1 Å². The van der Waals surface area contributed by atoms with E-state index in [-0.39, 0.29) is 5.56 Å². The molecule has 2 N–H and O–H groups in total. The lowest BCUT2D eigenvalue weighted by atomic mass is 10.0. The summed E-state index contributed by atoms with van der Waals surface area (Å²) in [5.74, 6) is -1.32. The van der Waals surface area contributed by atoms with E-state index in [9.17, 15) is 8.78 Å². The lowest BCUT2D eigenvalue weighted by Gasteiger charge is -2.17.